The van der Waals surface area contributed by atoms with Gasteiger partial charge in [0.05, 0.1) is 24.4 Å². The average molecular weight is 565 g/mol. The number of nitrogens with zero attached hydrogens (tertiary/aromatic N) is 4. The molecule has 6 rings (SSSR count). The zero-order chi connectivity index (χ0) is 28.2. The van der Waals surface area contributed by atoms with Gasteiger partial charge in [-0.1, -0.05) is 0 Å². The topological polar surface area (TPSA) is 103 Å². The van der Waals surface area contributed by atoms with E-state index in [1.54, 1.807) is 0 Å². The largest absolute Gasteiger partial charge is 0.481 e. The molecule has 2 aromatic heterocycles. The smallest absolute Gasteiger partial charge is 0.395 e. The van der Waals surface area contributed by atoms with Crippen LogP contribution in [0, 0.1) is 17.2 Å². The van der Waals surface area contributed by atoms with Crippen molar-refractivity contribution in [2.24, 2.45) is 11.3 Å². The molecule has 4 aliphatic rings. The van der Waals surface area contributed by atoms with Crippen LogP contribution in [-0.2, 0) is 4.79 Å². The third-order valence-corrected chi connectivity index (χ3v) is 9.06. The molecule has 2 N–H and O–H groups in total. The number of halogens is 4. The van der Waals surface area contributed by atoms with Gasteiger partial charge in [0.1, 0.15) is 5.69 Å². The van der Waals surface area contributed by atoms with Crippen LogP contribution in [0.25, 0.3) is 11.3 Å². The van der Waals surface area contributed by atoms with Crippen molar-refractivity contribution in [3.63, 3.8) is 0 Å². The van der Waals surface area contributed by atoms with E-state index in [4.69, 9.17) is 4.74 Å². The highest BCUT2D eigenvalue weighted by atomic mass is 19.4. The van der Waals surface area contributed by atoms with Crippen molar-refractivity contribution in [3.05, 3.63) is 29.8 Å². The first-order chi connectivity index (χ1) is 19.1. The molecule has 2 bridgehead atoms. The van der Waals surface area contributed by atoms with Gasteiger partial charge in [-0.2, -0.15) is 18.3 Å². The first-order valence-corrected chi connectivity index (χ1v) is 13.7. The molecule has 40 heavy (non-hydrogen) atoms. The quantitative estimate of drug-likeness (QED) is 0.499. The van der Waals surface area contributed by atoms with Gasteiger partial charge in [0.25, 0.3) is 5.91 Å². The Kier molecular flexibility index (Phi) is 6.75. The van der Waals surface area contributed by atoms with Gasteiger partial charge in [-0.3, -0.25) is 14.7 Å². The standard InChI is InChI=1S/C27H32F4N6O3/c1-40-23-10-19(20(28)12-32-23)21-11-22(35-34-21)25(39)37-17-2-3-18(37)9-15(8-17)24(38)33-16-4-7-36(13-16)14-26(5-6-26)27(29,30)31/h10-12,15-18H,2-9,13-14H2,1H3,(H,33,38)(H,34,35)/t15?,16-,17-,18+/m1/s1. The van der Waals surface area contributed by atoms with Crippen LogP contribution >= 0.6 is 0 Å². The maximum absolute atomic E-state index is 14.3. The molecule has 5 heterocycles. The van der Waals surface area contributed by atoms with E-state index in [0.29, 0.717) is 32.4 Å². The predicted molar refractivity (Wildman–Crippen MR) is 135 cm³/mol. The number of methoxy groups -OCH3 is 1. The molecule has 1 aliphatic carbocycles. The number of aromatic nitrogens is 3. The van der Waals surface area contributed by atoms with Crippen molar-refractivity contribution in [2.45, 2.75) is 69.2 Å². The molecular formula is C27H32F4N6O3. The molecule has 1 unspecified atom stereocenters. The van der Waals surface area contributed by atoms with Gasteiger partial charge in [-0.05, 0) is 51.0 Å². The van der Waals surface area contributed by atoms with Crippen LogP contribution in [0.4, 0.5) is 17.6 Å². The molecule has 13 heteroatoms. The molecule has 4 atom stereocenters. The Morgan fingerprint density at radius 2 is 1.90 bits per heavy atom. The summed E-state index contributed by atoms with van der Waals surface area (Å²) in [5.74, 6) is -0.938. The molecule has 3 aliphatic heterocycles. The molecular weight excluding hydrogens is 532 g/mol. The van der Waals surface area contributed by atoms with E-state index in [0.717, 1.165) is 19.0 Å². The number of rotatable bonds is 7. The maximum Gasteiger partial charge on any atom is 0.395 e. The Balaban J connectivity index is 1.05. The van der Waals surface area contributed by atoms with Crippen LogP contribution < -0.4 is 10.1 Å². The normalized spacial score (nSPS) is 27.6. The molecule has 0 radical (unpaired) electrons. The van der Waals surface area contributed by atoms with Gasteiger partial charge in [-0.15, -0.1) is 0 Å². The first kappa shape index (κ1) is 27.0. The lowest BCUT2D eigenvalue weighted by Crippen LogP contribution is -2.51. The Bertz CT molecular complexity index is 1280. The van der Waals surface area contributed by atoms with E-state index in [9.17, 15) is 27.2 Å². The van der Waals surface area contributed by atoms with Crippen molar-refractivity contribution in [1.82, 2.24) is 30.3 Å². The summed E-state index contributed by atoms with van der Waals surface area (Å²) in [5, 5.41) is 9.93. The second-order valence-corrected chi connectivity index (χ2v) is 11.6. The summed E-state index contributed by atoms with van der Waals surface area (Å²) >= 11 is 0. The molecule has 4 fully saturated rings. The number of aromatic amines is 1. The number of likely N-dealkylation sites (tertiary alicyclic amines) is 1. The van der Waals surface area contributed by atoms with Gasteiger partial charge in [0.15, 0.2) is 5.82 Å². The summed E-state index contributed by atoms with van der Waals surface area (Å²) in [6.45, 7) is 0.980. The van der Waals surface area contributed by atoms with Crippen molar-refractivity contribution in [3.8, 4) is 17.1 Å². The number of amides is 2. The zero-order valence-electron chi connectivity index (χ0n) is 22.1. The SMILES string of the molecule is COc1cc(-c2cc(C(=O)N3[C@@H]4CC[C@H]3CC(C(=O)N[C@@H]3CCN(CC5(C(F)(F)F)CC5)C3)C4)[nH]n2)c(F)cn1. The second kappa shape index (κ2) is 10.0. The molecule has 3 saturated heterocycles. The molecule has 9 nitrogen and oxygen atoms in total. The highest BCUT2D eigenvalue weighted by molar-refractivity contribution is 5.94. The van der Waals surface area contributed by atoms with E-state index in [1.165, 1.54) is 19.2 Å². The fourth-order valence-corrected chi connectivity index (χ4v) is 6.68. The van der Waals surface area contributed by atoms with Gasteiger partial charge in [0.2, 0.25) is 11.8 Å². The minimum absolute atomic E-state index is 0.00415. The average Bonchev–Trinajstić information content (AvgIpc) is 3.22. The highest BCUT2D eigenvalue weighted by Crippen LogP contribution is 2.58. The van der Waals surface area contributed by atoms with Crippen LogP contribution in [0.15, 0.2) is 18.3 Å². The van der Waals surface area contributed by atoms with Crippen LogP contribution in [0.5, 0.6) is 5.88 Å². The lowest BCUT2D eigenvalue weighted by Gasteiger charge is -2.38. The van der Waals surface area contributed by atoms with E-state index < -0.39 is 17.4 Å². The van der Waals surface area contributed by atoms with Crippen molar-refractivity contribution in [2.75, 3.05) is 26.7 Å². The number of H-pyrrole nitrogens is 1. The fourth-order valence-electron chi connectivity index (χ4n) is 6.68. The van der Waals surface area contributed by atoms with Gasteiger partial charge in [-0.25, -0.2) is 9.37 Å². The first-order valence-electron chi connectivity index (χ1n) is 13.7. The Morgan fingerprint density at radius 3 is 2.55 bits per heavy atom. The number of ether oxygens (including phenoxy) is 1. The molecule has 0 spiro atoms. The number of carbonyl (C=O) groups is 2. The van der Waals surface area contributed by atoms with Gasteiger partial charge < -0.3 is 19.9 Å². The van der Waals surface area contributed by atoms with E-state index in [2.05, 4.69) is 20.5 Å². The van der Waals surface area contributed by atoms with Crippen molar-refractivity contribution >= 4 is 11.8 Å². The Morgan fingerprint density at radius 1 is 1.18 bits per heavy atom. The number of carbonyl (C=O) groups excluding carboxylic acids is 2. The summed E-state index contributed by atoms with van der Waals surface area (Å²) in [4.78, 5) is 34.0. The summed E-state index contributed by atoms with van der Waals surface area (Å²) in [7, 11) is 1.42. The molecule has 2 amide bonds. The summed E-state index contributed by atoms with van der Waals surface area (Å²) < 4.78 is 59.4. The fraction of sp³-hybridized carbons (Fsp3) is 0.630. The number of pyridine rings is 1. The lowest BCUT2D eigenvalue weighted by atomic mass is 9.89. The third kappa shape index (κ3) is 4.92. The number of hydrogen-bond donors (Lipinski definition) is 2. The minimum Gasteiger partial charge on any atom is -0.481 e. The Labute approximate surface area is 228 Å². The zero-order valence-corrected chi connectivity index (χ0v) is 22.1. The summed E-state index contributed by atoms with van der Waals surface area (Å²) in [6, 6.07) is 2.55. The maximum atomic E-state index is 14.3. The van der Waals surface area contributed by atoms with Crippen molar-refractivity contribution in [1.29, 1.82) is 0 Å². The molecule has 1 saturated carbocycles. The van der Waals surface area contributed by atoms with Crippen LogP contribution in [0.2, 0.25) is 0 Å². The van der Waals surface area contributed by atoms with Gasteiger partial charge >= 0.3 is 6.18 Å². The Hall–Kier alpha value is -3.22. The van der Waals surface area contributed by atoms with Crippen molar-refractivity contribution < 1.29 is 31.9 Å². The predicted octanol–water partition coefficient (Wildman–Crippen LogP) is 3.54. The third-order valence-electron chi connectivity index (χ3n) is 9.06. The molecule has 0 aromatic carbocycles. The number of hydrogen-bond acceptors (Lipinski definition) is 6. The lowest BCUT2D eigenvalue weighted by molar-refractivity contribution is -0.191. The second-order valence-electron chi connectivity index (χ2n) is 11.6. The number of nitrogens with one attached hydrogen (secondary N) is 2. The highest BCUT2D eigenvalue weighted by Gasteiger charge is 2.63. The molecule has 2 aromatic rings. The summed E-state index contributed by atoms with van der Waals surface area (Å²) in [6.07, 6.45) is 0.476. The number of alkyl halides is 3. The van der Waals surface area contributed by atoms with E-state index in [-0.39, 0.29) is 78.1 Å². The number of piperidine rings is 1. The number of fused-ring (bicyclic) bond motifs is 2. The van der Waals surface area contributed by atoms with E-state index >= 15 is 0 Å². The van der Waals surface area contributed by atoms with Crippen LogP contribution in [0.1, 0.15) is 55.4 Å². The minimum atomic E-state index is -4.18. The summed E-state index contributed by atoms with van der Waals surface area (Å²) in [5.41, 5.74) is -0.907. The monoisotopic (exact) mass is 564 g/mol. The van der Waals surface area contributed by atoms with E-state index in [1.807, 2.05) is 9.80 Å². The molecule has 216 valence electrons. The van der Waals surface area contributed by atoms with Crippen LogP contribution in [0.3, 0.4) is 0 Å². The van der Waals surface area contributed by atoms with Crippen LogP contribution in [-0.4, -0.2) is 87.8 Å². The van der Waals surface area contributed by atoms with Gasteiger partial charge in [0, 0.05) is 55.3 Å².